The van der Waals surface area contributed by atoms with Crippen LogP contribution in [0.2, 0.25) is 5.02 Å². The van der Waals surface area contributed by atoms with E-state index in [2.05, 4.69) is 5.32 Å². The van der Waals surface area contributed by atoms with Crippen molar-refractivity contribution in [3.63, 3.8) is 0 Å². The molecule has 1 heterocycles. The molecule has 1 amide bonds. The summed E-state index contributed by atoms with van der Waals surface area (Å²) < 4.78 is 1.97. The minimum absolute atomic E-state index is 0.104. The number of aliphatic hydroxyl groups is 1. The van der Waals surface area contributed by atoms with Gasteiger partial charge in [0.1, 0.15) is 5.60 Å². The number of carbonyl (C=O) groups is 1. The Kier molecular flexibility index (Phi) is 4.93. The second-order valence-electron chi connectivity index (χ2n) is 6.10. The molecule has 3 aromatic rings. The molecule has 0 bridgehead atoms. The molecule has 0 saturated heterocycles. The second-order valence-corrected chi connectivity index (χ2v) is 6.54. The molecule has 25 heavy (non-hydrogen) atoms. The van der Waals surface area contributed by atoms with Crippen molar-refractivity contribution in [2.75, 3.05) is 6.54 Å². The SMILES string of the molecule is CC(O)(CNC(=O)c1ccc(-n2cccc2)cc1)c1ccc(Cl)cc1. The van der Waals surface area contributed by atoms with E-state index in [1.807, 2.05) is 41.2 Å². The summed E-state index contributed by atoms with van der Waals surface area (Å²) in [5.74, 6) is -0.228. The van der Waals surface area contributed by atoms with Crippen LogP contribution in [0.1, 0.15) is 22.8 Å². The summed E-state index contributed by atoms with van der Waals surface area (Å²) in [5, 5.41) is 14.0. The molecule has 1 atom stereocenters. The molecule has 2 aromatic carbocycles. The number of carbonyl (C=O) groups excluding carboxylic acids is 1. The van der Waals surface area contributed by atoms with Gasteiger partial charge in [0, 0.05) is 28.7 Å². The molecule has 1 aromatic heterocycles. The van der Waals surface area contributed by atoms with Crippen molar-refractivity contribution in [1.82, 2.24) is 9.88 Å². The van der Waals surface area contributed by atoms with Crippen molar-refractivity contribution in [3.05, 3.63) is 89.2 Å². The van der Waals surface area contributed by atoms with Crippen LogP contribution in [0.4, 0.5) is 0 Å². The first kappa shape index (κ1) is 17.3. The van der Waals surface area contributed by atoms with Crippen molar-refractivity contribution in [3.8, 4) is 5.69 Å². The van der Waals surface area contributed by atoms with Gasteiger partial charge in [0.05, 0.1) is 6.54 Å². The highest BCUT2D eigenvalue weighted by molar-refractivity contribution is 6.30. The van der Waals surface area contributed by atoms with Crippen molar-refractivity contribution in [2.45, 2.75) is 12.5 Å². The fraction of sp³-hybridized carbons (Fsp3) is 0.150. The highest BCUT2D eigenvalue weighted by Crippen LogP contribution is 2.22. The van der Waals surface area contributed by atoms with E-state index in [9.17, 15) is 9.90 Å². The largest absolute Gasteiger partial charge is 0.384 e. The maximum Gasteiger partial charge on any atom is 0.251 e. The van der Waals surface area contributed by atoms with Crippen LogP contribution < -0.4 is 5.32 Å². The van der Waals surface area contributed by atoms with Gasteiger partial charge < -0.3 is 15.0 Å². The van der Waals surface area contributed by atoms with Gasteiger partial charge in [0.25, 0.3) is 5.91 Å². The lowest BCUT2D eigenvalue weighted by Crippen LogP contribution is -2.38. The van der Waals surface area contributed by atoms with Crippen molar-refractivity contribution >= 4 is 17.5 Å². The van der Waals surface area contributed by atoms with E-state index < -0.39 is 5.60 Å². The van der Waals surface area contributed by atoms with Crippen LogP contribution in [0.5, 0.6) is 0 Å². The van der Waals surface area contributed by atoms with Gasteiger partial charge >= 0.3 is 0 Å². The number of hydrogen-bond donors (Lipinski definition) is 2. The molecule has 0 fully saturated rings. The van der Waals surface area contributed by atoms with Gasteiger partial charge in [-0.15, -0.1) is 0 Å². The average molecular weight is 355 g/mol. The summed E-state index contributed by atoms with van der Waals surface area (Å²) in [4.78, 5) is 12.3. The predicted octanol–water partition coefficient (Wildman–Crippen LogP) is 3.77. The van der Waals surface area contributed by atoms with E-state index in [0.717, 1.165) is 5.69 Å². The molecule has 1 unspecified atom stereocenters. The fourth-order valence-electron chi connectivity index (χ4n) is 2.56. The lowest BCUT2D eigenvalue weighted by Gasteiger charge is -2.24. The summed E-state index contributed by atoms with van der Waals surface area (Å²) in [6, 6.07) is 18.1. The molecular weight excluding hydrogens is 336 g/mol. The number of halogens is 1. The maximum atomic E-state index is 12.3. The van der Waals surface area contributed by atoms with E-state index in [1.165, 1.54) is 0 Å². The minimum Gasteiger partial charge on any atom is -0.384 e. The summed E-state index contributed by atoms with van der Waals surface area (Å²) in [5.41, 5.74) is 1.04. The maximum absolute atomic E-state index is 12.3. The number of nitrogens with one attached hydrogen (secondary N) is 1. The molecule has 3 rings (SSSR count). The number of amides is 1. The third-order valence-electron chi connectivity index (χ3n) is 4.09. The van der Waals surface area contributed by atoms with E-state index >= 15 is 0 Å². The Morgan fingerprint density at radius 3 is 2.28 bits per heavy atom. The Bertz CT molecular complexity index is 838. The third-order valence-corrected chi connectivity index (χ3v) is 4.34. The van der Waals surface area contributed by atoms with Crippen molar-refractivity contribution in [1.29, 1.82) is 0 Å². The monoisotopic (exact) mass is 354 g/mol. The van der Waals surface area contributed by atoms with Gasteiger partial charge in [-0.05, 0) is 61.0 Å². The zero-order chi connectivity index (χ0) is 17.9. The standard InChI is InChI=1S/C20H19ClN2O2/c1-20(25,16-6-8-17(21)9-7-16)14-22-19(24)15-4-10-18(11-5-15)23-12-2-3-13-23/h2-13,25H,14H2,1H3,(H,22,24). The van der Waals surface area contributed by atoms with Gasteiger partial charge in [-0.2, -0.15) is 0 Å². The Morgan fingerprint density at radius 1 is 1.08 bits per heavy atom. The summed E-state index contributed by atoms with van der Waals surface area (Å²) in [7, 11) is 0. The number of aromatic nitrogens is 1. The van der Waals surface area contributed by atoms with Crippen LogP contribution in [0.3, 0.4) is 0 Å². The van der Waals surface area contributed by atoms with Gasteiger partial charge in [-0.25, -0.2) is 0 Å². The summed E-state index contributed by atoms with van der Waals surface area (Å²) >= 11 is 5.87. The third kappa shape index (κ3) is 4.10. The Morgan fingerprint density at radius 2 is 1.68 bits per heavy atom. The van der Waals surface area contributed by atoms with E-state index in [-0.39, 0.29) is 12.5 Å². The van der Waals surface area contributed by atoms with Crippen molar-refractivity contribution in [2.24, 2.45) is 0 Å². The minimum atomic E-state index is -1.18. The van der Waals surface area contributed by atoms with E-state index in [1.54, 1.807) is 43.3 Å². The highest BCUT2D eigenvalue weighted by atomic mass is 35.5. The topological polar surface area (TPSA) is 54.3 Å². The van der Waals surface area contributed by atoms with Crippen LogP contribution in [0, 0.1) is 0 Å². The Balaban J connectivity index is 1.65. The molecular formula is C20H19ClN2O2. The molecule has 2 N–H and O–H groups in total. The molecule has 0 radical (unpaired) electrons. The molecule has 0 aliphatic carbocycles. The molecule has 0 aliphatic heterocycles. The van der Waals surface area contributed by atoms with Crippen LogP contribution in [-0.2, 0) is 5.60 Å². The van der Waals surface area contributed by atoms with Crippen LogP contribution in [0.15, 0.2) is 73.1 Å². The predicted molar refractivity (Wildman–Crippen MR) is 99.1 cm³/mol. The number of hydrogen-bond acceptors (Lipinski definition) is 2. The second kappa shape index (κ2) is 7.13. The molecule has 0 aliphatic rings. The number of nitrogens with zero attached hydrogens (tertiary/aromatic N) is 1. The number of benzene rings is 2. The highest BCUT2D eigenvalue weighted by Gasteiger charge is 2.24. The summed E-state index contributed by atoms with van der Waals surface area (Å²) in [6.07, 6.45) is 3.89. The smallest absolute Gasteiger partial charge is 0.251 e. The number of rotatable bonds is 5. The Labute approximate surface area is 151 Å². The molecule has 0 spiro atoms. The first-order valence-corrected chi connectivity index (χ1v) is 8.33. The zero-order valence-electron chi connectivity index (χ0n) is 13.8. The van der Waals surface area contributed by atoms with Gasteiger partial charge in [0.15, 0.2) is 0 Å². The quantitative estimate of drug-likeness (QED) is 0.732. The normalized spacial score (nSPS) is 13.2. The molecule has 4 nitrogen and oxygen atoms in total. The molecule has 128 valence electrons. The first-order chi connectivity index (χ1) is 12.0. The zero-order valence-corrected chi connectivity index (χ0v) is 14.6. The Hall–Kier alpha value is -2.56. The lowest BCUT2D eigenvalue weighted by molar-refractivity contribution is 0.0526. The van der Waals surface area contributed by atoms with Gasteiger partial charge in [-0.3, -0.25) is 4.79 Å². The van der Waals surface area contributed by atoms with Crippen LogP contribution >= 0.6 is 11.6 Å². The molecule has 5 heteroatoms. The van der Waals surface area contributed by atoms with Crippen molar-refractivity contribution < 1.29 is 9.90 Å². The van der Waals surface area contributed by atoms with Gasteiger partial charge in [0.2, 0.25) is 0 Å². The fourth-order valence-corrected chi connectivity index (χ4v) is 2.68. The van der Waals surface area contributed by atoms with E-state index in [4.69, 9.17) is 11.6 Å². The van der Waals surface area contributed by atoms with E-state index in [0.29, 0.717) is 16.1 Å². The van der Waals surface area contributed by atoms with Gasteiger partial charge in [-0.1, -0.05) is 23.7 Å². The van der Waals surface area contributed by atoms with Crippen LogP contribution in [0.25, 0.3) is 5.69 Å². The molecule has 0 saturated carbocycles. The summed E-state index contributed by atoms with van der Waals surface area (Å²) in [6.45, 7) is 1.76. The first-order valence-electron chi connectivity index (χ1n) is 7.96. The lowest BCUT2D eigenvalue weighted by atomic mass is 9.96. The van der Waals surface area contributed by atoms with Crippen LogP contribution in [-0.4, -0.2) is 22.1 Å². The average Bonchev–Trinajstić information content (AvgIpc) is 3.15.